The van der Waals surface area contributed by atoms with E-state index in [1.54, 1.807) is 12.1 Å². The zero-order chi connectivity index (χ0) is 22.4. The minimum Gasteiger partial charge on any atom is -0.394 e. The molecular formula is C24H32FN5O. The van der Waals surface area contributed by atoms with Gasteiger partial charge in [0.2, 0.25) is 5.95 Å². The molecule has 7 heteroatoms. The van der Waals surface area contributed by atoms with Crippen LogP contribution in [0.4, 0.5) is 21.8 Å². The van der Waals surface area contributed by atoms with Crippen LogP contribution in [0.15, 0.2) is 40.9 Å². The van der Waals surface area contributed by atoms with E-state index in [0.29, 0.717) is 24.2 Å². The predicted octanol–water partition coefficient (Wildman–Crippen LogP) is 4.67. The molecular weight excluding hydrogens is 393 g/mol. The second kappa shape index (κ2) is 10.5. The molecule has 0 fully saturated rings. The van der Waals surface area contributed by atoms with Crippen LogP contribution in [0.25, 0.3) is 0 Å². The Morgan fingerprint density at radius 2 is 1.90 bits per heavy atom. The van der Waals surface area contributed by atoms with Crippen LogP contribution < -0.4 is 10.2 Å². The number of aliphatic hydroxyl groups excluding tert-OH is 1. The lowest BCUT2D eigenvalue weighted by molar-refractivity contribution is 0.271. The number of nitrogens with zero attached hydrogens (tertiary/aromatic N) is 4. The minimum absolute atomic E-state index is 0.0100. The molecule has 166 valence electrons. The van der Waals surface area contributed by atoms with Gasteiger partial charge in [-0.3, -0.25) is 4.99 Å². The van der Waals surface area contributed by atoms with Crippen LogP contribution in [0.2, 0.25) is 0 Å². The van der Waals surface area contributed by atoms with Crippen molar-refractivity contribution in [2.75, 3.05) is 23.9 Å². The fourth-order valence-corrected chi connectivity index (χ4v) is 3.56. The normalized spacial score (nSPS) is 16.2. The van der Waals surface area contributed by atoms with Crippen LogP contribution in [0.1, 0.15) is 44.9 Å². The van der Waals surface area contributed by atoms with Gasteiger partial charge in [-0.1, -0.05) is 38.5 Å². The number of rotatable bonds is 8. The highest BCUT2D eigenvalue weighted by Gasteiger charge is 2.20. The Morgan fingerprint density at radius 1 is 1.16 bits per heavy atom. The number of hydrogen-bond donors (Lipinski definition) is 2. The fraction of sp³-hybridized carbons (Fsp3) is 0.458. The molecule has 1 aromatic carbocycles. The van der Waals surface area contributed by atoms with Crippen LogP contribution in [-0.4, -0.2) is 41.0 Å². The summed E-state index contributed by atoms with van der Waals surface area (Å²) < 4.78 is 13.3. The Kier molecular flexibility index (Phi) is 7.74. The third kappa shape index (κ3) is 5.88. The zero-order valence-electron chi connectivity index (χ0n) is 18.8. The molecule has 0 saturated heterocycles. The summed E-state index contributed by atoms with van der Waals surface area (Å²) in [7, 11) is 1.95. The molecule has 2 heterocycles. The Morgan fingerprint density at radius 3 is 2.55 bits per heavy atom. The number of allylic oxidation sites excluding steroid dienone is 2. The molecule has 1 atom stereocenters. The van der Waals surface area contributed by atoms with Gasteiger partial charge in [0.25, 0.3) is 0 Å². The molecule has 0 amide bonds. The van der Waals surface area contributed by atoms with Crippen LogP contribution in [0.3, 0.4) is 0 Å². The van der Waals surface area contributed by atoms with Crippen molar-refractivity contribution in [2.45, 2.75) is 52.6 Å². The first-order valence-corrected chi connectivity index (χ1v) is 10.9. The molecule has 0 aliphatic carbocycles. The highest BCUT2D eigenvalue weighted by Crippen LogP contribution is 2.34. The smallest absolute Gasteiger partial charge is 0.225 e. The highest BCUT2D eigenvalue weighted by atomic mass is 19.1. The van der Waals surface area contributed by atoms with Crippen molar-refractivity contribution in [2.24, 2.45) is 10.9 Å². The molecule has 0 bridgehead atoms. The molecule has 0 spiro atoms. The van der Waals surface area contributed by atoms with Crippen molar-refractivity contribution >= 4 is 23.7 Å². The molecule has 31 heavy (non-hydrogen) atoms. The average molecular weight is 426 g/mol. The molecule has 1 aromatic heterocycles. The van der Waals surface area contributed by atoms with Crippen molar-refractivity contribution in [3.63, 3.8) is 0 Å². The van der Waals surface area contributed by atoms with Gasteiger partial charge < -0.3 is 15.3 Å². The molecule has 0 radical (unpaired) electrons. The molecule has 6 nitrogen and oxygen atoms in total. The maximum atomic E-state index is 13.3. The van der Waals surface area contributed by atoms with Gasteiger partial charge in [-0.2, -0.15) is 4.98 Å². The van der Waals surface area contributed by atoms with E-state index in [9.17, 15) is 9.50 Å². The quantitative estimate of drug-likeness (QED) is 0.643. The first kappa shape index (κ1) is 22.9. The van der Waals surface area contributed by atoms with Crippen molar-refractivity contribution in [1.29, 1.82) is 0 Å². The van der Waals surface area contributed by atoms with Crippen LogP contribution in [-0.2, 0) is 13.0 Å². The van der Waals surface area contributed by atoms with E-state index in [2.05, 4.69) is 25.2 Å². The molecule has 0 saturated carbocycles. The van der Waals surface area contributed by atoms with Gasteiger partial charge in [0.05, 0.1) is 18.3 Å². The third-order valence-electron chi connectivity index (χ3n) is 5.56. The molecule has 1 aliphatic heterocycles. The maximum Gasteiger partial charge on any atom is 0.225 e. The standard InChI is InChI=1S/C24H32FN5O/c1-5-20(15-31)27-24-28-21-11-8-18(16(2)3)12-13-26-22(21)23(29-24)30(4)14-17-6-9-19(25)10-7-17/h6-7,9-10,12-13,16,20,31H,5,8,11,14-15H2,1-4H3,(H,27,28,29)/b18-12-,26-13?/t20-/m0/s1. The van der Waals surface area contributed by atoms with Crippen molar-refractivity contribution in [3.05, 3.63) is 53.0 Å². The Labute approximate surface area is 184 Å². The topological polar surface area (TPSA) is 73.6 Å². The molecule has 2 N–H and O–H groups in total. The van der Waals surface area contributed by atoms with E-state index in [4.69, 9.17) is 15.0 Å². The predicted molar refractivity (Wildman–Crippen MR) is 125 cm³/mol. The lowest BCUT2D eigenvalue weighted by atomic mass is 9.96. The van der Waals surface area contributed by atoms with Gasteiger partial charge in [-0.05, 0) is 49.0 Å². The summed E-state index contributed by atoms with van der Waals surface area (Å²) >= 11 is 0. The first-order chi connectivity index (χ1) is 14.9. The van der Waals surface area contributed by atoms with Crippen molar-refractivity contribution in [3.8, 4) is 0 Å². The molecule has 1 aliphatic rings. The van der Waals surface area contributed by atoms with Crippen LogP contribution in [0.5, 0.6) is 0 Å². The number of benzene rings is 1. The first-order valence-electron chi connectivity index (χ1n) is 10.9. The second-order valence-corrected chi connectivity index (χ2v) is 8.26. The van der Waals surface area contributed by atoms with Gasteiger partial charge in [-0.25, -0.2) is 9.37 Å². The van der Waals surface area contributed by atoms with E-state index in [-0.39, 0.29) is 18.5 Å². The molecule has 2 aromatic rings. The number of anilines is 2. The monoisotopic (exact) mass is 425 g/mol. The number of aromatic nitrogens is 2. The maximum absolute atomic E-state index is 13.3. The van der Waals surface area contributed by atoms with E-state index < -0.39 is 0 Å². The lowest BCUT2D eigenvalue weighted by Crippen LogP contribution is -2.26. The Bertz CT molecular complexity index is 936. The number of aliphatic imine (C=N–C) groups is 1. The van der Waals surface area contributed by atoms with E-state index in [0.717, 1.165) is 36.2 Å². The summed E-state index contributed by atoms with van der Waals surface area (Å²) in [6.07, 6.45) is 6.35. The van der Waals surface area contributed by atoms with Gasteiger partial charge in [0, 0.05) is 19.8 Å². The number of aryl methyl sites for hydroxylation is 1. The molecule has 3 rings (SSSR count). The number of fused-ring (bicyclic) bond motifs is 1. The van der Waals surface area contributed by atoms with E-state index in [1.165, 1.54) is 17.7 Å². The van der Waals surface area contributed by atoms with E-state index >= 15 is 0 Å². The summed E-state index contributed by atoms with van der Waals surface area (Å²) in [6, 6.07) is 6.36. The highest BCUT2D eigenvalue weighted by molar-refractivity contribution is 5.80. The number of nitrogens with one attached hydrogen (secondary N) is 1. The summed E-state index contributed by atoms with van der Waals surface area (Å²) in [5.41, 5.74) is 3.95. The van der Waals surface area contributed by atoms with Gasteiger partial charge >= 0.3 is 0 Å². The number of halogens is 1. The largest absolute Gasteiger partial charge is 0.394 e. The number of aliphatic hydroxyl groups is 1. The van der Waals surface area contributed by atoms with Crippen molar-refractivity contribution in [1.82, 2.24) is 9.97 Å². The number of hydrogen-bond acceptors (Lipinski definition) is 6. The fourth-order valence-electron chi connectivity index (χ4n) is 3.56. The van der Waals surface area contributed by atoms with Crippen LogP contribution >= 0.6 is 0 Å². The Balaban J connectivity index is 1.99. The lowest BCUT2D eigenvalue weighted by Gasteiger charge is -2.24. The third-order valence-corrected chi connectivity index (χ3v) is 5.56. The minimum atomic E-state index is -0.253. The van der Waals surface area contributed by atoms with Gasteiger partial charge in [0.1, 0.15) is 11.5 Å². The Hall–Kier alpha value is -2.80. The summed E-state index contributed by atoms with van der Waals surface area (Å²) in [6.45, 7) is 6.94. The molecule has 0 unspecified atom stereocenters. The van der Waals surface area contributed by atoms with E-state index in [1.807, 2.05) is 25.1 Å². The SMILES string of the molecule is CC[C@@H](CO)Nc1nc2c(c(N(C)Cc3ccc(F)cc3)n1)N=C/C=C(\C(C)C)CC2. The van der Waals surface area contributed by atoms with Gasteiger partial charge in [-0.15, -0.1) is 0 Å². The average Bonchev–Trinajstić information content (AvgIpc) is 2.73. The van der Waals surface area contributed by atoms with Gasteiger partial charge in [0.15, 0.2) is 5.82 Å². The summed E-state index contributed by atoms with van der Waals surface area (Å²) in [5, 5.41) is 12.9. The summed E-state index contributed by atoms with van der Waals surface area (Å²) in [5.74, 6) is 1.40. The van der Waals surface area contributed by atoms with Crippen LogP contribution in [0, 0.1) is 11.7 Å². The second-order valence-electron chi connectivity index (χ2n) is 8.26. The zero-order valence-corrected chi connectivity index (χ0v) is 18.8. The summed E-state index contributed by atoms with van der Waals surface area (Å²) in [4.78, 5) is 16.2. The van der Waals surface area contributed by atoms with Crippen molar-refractivity contribution < 1.29 is 9.50 Å².